The molecule has 2 aliphatic carbocycles. The Kier molecular flexibility index (Phi) is 5.41. The van der Waals surface area contributed by atoms with Crippen LogP contribution >= 0.6 is 0 Å². The largest absolute Gasteiger partial charge is 0.0725 e. The smallest absolute Gasteiger partial charge is 0.0619 e. The van der Waals surface area contributed by atoms with E-state index < -0.39 is 0 Å². The molecule has 49 heavy (non-hydrogen) atoms. The number of hydrogen-bond acceptors (Lipinski definition) is 0. The molecule has 2 aliphatic rings. The fraction of sp³-hybridized carbons (Fsp3) is 0.0204. The summed E-state index contributed by atoms with van der Waals surface area (Å²) in [6.07, 6.45) is 0. The van der Waals surface area contributed by atoms with Gasteiger partial charge in [0.2, 0.25) is 0 Å². The van der Waals surface area contributed by atoms with Gasteiger partial charge in [-0.05, 0) is 117 Å². The van der Waals surface area contributed by atoms with E-state index in [9.17, 15) is 0 Å². The van der Waals surface area contributed by atoms with E-state index >= 15 is 0 Å². The second kappa shape index (κ2) is 9.89. The lowest BCUT2D eigenvalue weighted by Gasteiger charge is -2.30. The molecule has 0 saturated carbocycles. The predicted molar refractivity (Wildman–Crippen MR) is 206 cm³/mol. The van der Waals surface area contributed by atoms with Crippen molar-refractivity contribution < 1.29 is 0 Å². The highest BCUT2D eigenvalue weighted by molar-refractivity contribution is 6.25. The summed E-state index contributed by atoms with van der Waals surface area (Å²) in [7, 11) is 0. The van der Waals surface area contributed by atoms with Crippen LogP contribution < -0.4 is 0 Å². The molecule has 0 fully saturated rings. The predicted octanol–water partition coefficient (Wildman–Crippen LogP) is 12.8. The zero-order chi connectivity index (χ0) is 32.1. The highest BCUT2D eigenvalue weighted by Gasteiger charge is 2.51. The standard InChI is InChI=1S/C49H30/c1-2-16-37-35(14-1)36-15-3-4-17-38(36)44-29-33(24-26-39(37)44)31-12-11-13-32(28-31)34-25-27-43-42-20-7-10-23-47(42)49(48(43)30-34)45-21-8-5-18-40(45)41-19-6-9-22-46(41)49/h1-30H. The Morgan fingerprint density at radius 1 is 0.224 bits per heavy atom. The highest BCUT2D eigenvalue weighted by atomic mass is 14.5. The van der Waals surface area contributed by atoms with Crippen LogP contribution in [0.1, 0.15) is 22.3 Å². The third kappa shape index (κ3) is 3.53. The average molecular weight is 619 g/mol. The quantitative estimate of drug-likeness (QED) is 0.169. The van der Waals surface area contributed by atoms with Crippen molar-refractivity contribution in [2.75, 3.05) is 0 Å². The van der Waals surface area contributed by atoms with Gasteiger partial charge in [-0.2, -0.15) is 0 Å². The molecular weight excluding hydrogens is 589 g/mol. The van der Waals surface area contributed by atoms with Crippen molar-refractivity contribution in [2.24, 2.45) is 0 Å². The third-order valence-corrected chi connectivity index (χ3v) is 11.3. The van der Waals surface area contributed by atoms with Gasteiger partial charge in [0, 0.05) is 0 Å². The summed E-state index contributed by atoms with van der Waals surface area (Å²) in [5.74, 6) is 0. The van der Waals surface area contributed by atoms with Crippen LogP contribution in [0.4, 0.5) is 0 Å². The normalized spacial score (nSPS) is 13.5. The monoisotopic (exact) mass is 618 g/mol. The van der Waals surface area contributed by atoms with Crippen LogP contribution in [-0.2, 0) is 5.41 Å². The van der Waals surface area contributed by atoms with Crippen LogP contribution in [0.25, 0.3) is 76.8 Å². The van der Waals surface area contributed by atoms with Crippen LogP contribution in [-0.4, -0.2) is 0 Å². The lowest BCUT2D eigenvalue weighted by molar-refractivity contribution is 0.794. The molecular formula is C49H30. The lowest BCUT2D eigenvalue weighted by atomic mass is 9.70. The summed E-state index contributed by atoms with van der Waals surface area (Å²) in [6, 6.07) is 68.0. The second-order valence-electron chi connectivity index (χ2n) is 13.6. The van der Waals surface area contributed by atoms with Gasteiger partial charge in [-0.1, -0.05) is 164 Å². The molecule has 0 N–H and O–H groups in total. The van der Waals surface area contributed by atoms with Crippen molar-refractivity contribution in [2.45, 2.75) is 5.41 Å². The first-order chi connectivity index (χ1) is 24.3. The van der Waals surface area contributed by atoms with Gasteiger partial charge in [-0.3, -0.25) is 0 Å². The van der Waals surface area contributed by atoms with Crippen molar-refractivity contribution in [1.29, 1.82) is 0 Å². The Bertz CT molecular complexity index is 2730. The van der Waals surface area contributed by atoms with Gasteiger partial charge in [0.25, 0.3) is 0 Å². The number of benzene rings is 9. The zero-order valence-corrected chi connectivity index (χ0v) is 26.8. The maximum absolute atomic E-state index is 2.48. The van der Waals surface area contributed by atoms with E-state index in [1.54, 1.807) is 0 Å². The summed E-state index contributed by atoms with van der Waals surface area (Å²) < 4.78 is 0. The van der Waals surface area contributed by atoms with Crippen molar-refractivity contribution in [3.05, 3.63) is 204 Å². The average Bonchev–Trinajstić information content (AvgIpc) is 3.65. The van der Waals surface area contributed by atoms with Gasteiger partial charge in [-0.25, -0.2) is 0 Å². The van der Waals surface area contributed by atoms with Gasteiger partial charge in [0.15, 0.2) is 0 Å². The maximum atomic E-state index is 2.48. The molecule has 0 bridgehead atoms. The van der Waals surface area contributed by atoms with Gasteiger partial charge in [0.05, 0.1) is 5.41 Å². The first kappa shape index (κ1) is 26.8. The van der Waals surface area contributed by atoms with Crippen LogP contribution in [0.2, 0.25) is 0 Å². The molecule has 0 heteroatoms. The van der Waals surface area contributed by atoms with E-state index in [-0.39, 0.29) is 5.41 Å². The van der Waals surface area contributed by atoms with E-state index in [0.717, 1.165) is 0 Å². The van der Waals surface area contributed by atoms with Crippen LogP contribution in [0.15, 0.2) is 182 Å². The molecule has 11 rings (SSSR count). The summed E-state index contributed by atoms with van der Waals surface area (Å²) >= 11 is 0. The number of hydrogen-bond donors (Lipinski definition) is 0. The molecule has 1 spiro atoms. The molecule has 0 amide bonds. The molecule has 9 aromatic carbocycles. The first-order valence-corrected chi connectivity index (χ1v) is 17.2. The molecule has 9 aromatic rings. The zero-order valence-electron chi connectivity index (χ0n) is 26.8. The van der Waals surface area contributed by atoms with Crippen LogP contribution in [0, 0.1) is 0 Å². The van der Waals surface area contributed by atoms with Crippen molar-refractivity contribution >= 4 is 32.3 Å². The molecule has 226 valence electrons. The minimum absolute atomic E-state index is 0.338. The molecule has 0 nitrogen and oxygen atoms in total. The van der Waals surface area contributed by atoms with Crippen molar-refractivity contribution in [3.8, 4) is 44.5 Å². The Morgan fingerprint density at radius 3 is 1.16 bits per heavy atom. The summed E-state index contributed by atoms with van der Waals surface area (Å²) in [5, 5.41) is 7.82. The topological polar surface area (TPSA) is 0 Å². The van der Waals surface area contributed by atoms with Crippen LogP contribution in [0.3, 0.4) is 0 Å². The maximum Gasteiger partial charge on any atom is 0.0725 e. The van der Waals surface area contributed by atoms with Gasteiger partial charge in [0.1, 0.15) is 0 Å². The Hall–Kier alpha value is -6.24. The summed E-state index contributed by atoms with van der Waals surface area (Å²) in [5.41, 5.74) is 15.4. The van der Waals surface area contributed by atoms with E-state index in [0.29, 0.717) is 0 Å². The Labute approximate surface area is 285 Å². The second-order valence-corrected chi connectivity index (χ2v) is 13.6. The lowest BCUT2D eigenvalue weighted by Crippen LogP contribution is -2.25. The first-order valence-electron chi connectivity index (χ1n) is 17.2. The highest BCUT2D eigenvalue weighted by Crippen LogP contribution is 2.63. The van der Waals surface area contributed by atoms with E-state index in [2.05, 4.69) is 182 Å². The van der Waals surface area contributed by atoms with E-state index in [1.165, 1.54) is 99.1 Å². The molecule has 0 saturated heterocycles. The summed E-state index contributed by atoms with van der Waals surface area (Å²) in [6.45, 7) is 0. The summed E-state index contributed by atoms with van der Waals surface area (Å²) in [4.78, 5) is 0. The molecule has 0 radical (unpaired) electrons. The SMILES string of the molecule is c1cc(-c2ccc3c(c2)C2(c4ccccc4-c4ccccc42)c2ccccc2-3)cc(-c2ccc3c4ccccc4c4ccccc4c3c2)c1. The van der Waals surface area contributed by atoms with Gasteiger partial charge >= 0.3 is 0 Å². The van der Waals surface area contributed by atoms with Crippen molar-refractivity contribution in [1.82, 2.24) is 0 Å². The van der Waals surface area contributed by atoms with Gasteiger partial charge in [-0.15, -0.1) is 0 Å². The van der Waals surface area contributed by atoms with E-state index in [1.807, 2.05) is 0 Å². The fourth-order valence-electron chi connectivity index (χ4n) is 9.24. The fourth-order valence-corrected chi connectivity index (χ4v) is 9.24. The number of fused-ring (bicyclic) bond motifs is 16. The molecule has 0 aliphatic heterocycles. The van der Waals surface area contributed by atoms with E-state index in [4.69, 9.17) is 0 Å². The Balaban J connectivity index is 1.10. The molecule has 0 unspecified atom stereocenters. The minimum Gasteiger partial charge on any atom is -0.0619 e. The van der Waals surface area contributed by atoms with Crippen molar-refractivity contribution in [3.63, 3.8) is 0 Å². The third-order valence-electron chi connectivity index (χ3n) is 11.3. The Morgan fingerprint density at radius 2 is 0.612 bits per heavy atom. The number of rotatable bonds is 2. The van der Waals surface area contributed by atoms with Gasteiger partial charge < -0.3 is 0 Å². The molecule has 0 heterocycles. The minimum atomic E-state index is -0.338. The molecule has 0 aromatic heterocycles. The van der Waals surface area contributed by atoms with Crippen LogP contribution in [0.5, 0.6) is 0 Å². The molecule has 0 atom stereocenters.